The smallest absolute Gasteiger partial charge is 0.0467 e. The Balaban J connectivity index is 3.68. The van der Waals surface area contributed by atoms with E-state index in [4.69, 9.17) is 0 Å². The summed E-state index contributed by atoms with van der Waals surface area (Å²) in [5.41, 5.74) is 0. The fraction of sp³-hybridized carbons (Fsp3) is 0.0769. The van der Waals surface area contributed by atoms with Gasteiger partial charge in [0.2, 0.25) is 0 Å². The maximum Gasteiger partial charge on any atom is -0.0467 e. The second kappa shape index (κ2) is 10.4. The molecule has 0 saturated heterocycles. The minimum absolute atomic E-state index is 1.75. The molecule has 0 rings (SSSR count). The molecule has 0 aliphatic carbocycles. The molecule has 0 amide bonds. The molecule has 0 heterocycles. The Bertz CT molecular complexity index is 247. The van der Waals surface area contributed by atoms with Gasteiger partial charge >= 0.3 is 0 Å². The molecular formula is C13H16. The van der Waals surface area contributed by atoms with Gasteiger partial charge in [-0.05, 0) is 6.92 Å². The molecule has 0 aliphatic heterocycles. The number of hydrogen-bond acceptors (Lipinski definition) is 0. The van der Waals surface area contributed by atoms with Gasteiger partial charge in [0, 0.05) is 0 Å². The maximum absolute atomic E-state index is 3.57. The zero-order chi connectivity index (χ0) is 9.78. The van der Waals surface area contributed by atoms with E-state index in [1.54, 1.807) is 6.08 Å². The van der Waals surface area contributed by atoms with E-state index in [9.17, 15) is 0 Å². The molecule has 0 bridgehead atoms. The Labute approximate surface area is 81.0 Å². The monoisotopic (exact) mass is 172 g/mol. The molecule has 0 saturated carbocycles. The minimum Gasteiger partial charge on any atom is -0.0991 e. The van der Waals surface area contributed by atoms with Crippen LogP contribution in [0.25, 0.3) is 0 Å². The molecule has 0 aliphatic rings. The summed E-state index contributed by atoms with van der Waals surface area (Å²) in [5, 5.41) is 0. The largest absolute Gasteiger partial charge is 0.0991 e. The standard InChI is InChI=1S/C13H16/c1-3-5-7-9-11-13-12-10-8-6-4-2/h3-13H,1H2,2H3/b6-4-,7-5?,10-8?,11-9?,13-12?. The molecular weight excluding hydrogens is 156 g/mol. The maximum atomic E-state index is 3.57. The van der Waals surface area contributed by atoms with Gasteiger partial charge in [-0.3, -0.25) is 0 Å². The molecule has 0 atom stereocenters. The van der Waals surface area contributed by atoms with Gasteiger partial charge in [-0.1, -0.05) is 73.4 Å². The highest BCUT2D eigenvalue weighted by Crippen LogP contribution is 1.83. The average molecular weight is 172 g/mol. The van der Waals surface area contributed by atoms with Crippen LogP contribution in [0.2, 0.25) is 0 Å². The van der Waals surface area contributed by atoms with Crippen LogP contribution in [0.5, 0.6) is 0 Å². The highest BCUT2D eigenvalue weighted by atomic mass is 13.7. The van der Waals surface area contributed by atoms with Crippen molar-refractivity contribution >= 4 is 0 Å². The summed E-state index contributed by atoms with van der Waals surface area (Å²) in [5.74, 6) is 0. The van der Waals surface area contributed by atoms with Crippen LogP contribution in [-0.2, 0) is 0 Å². The van der Waals surface area contributed by atoms with Crippen molar-refractivity contribution in [1.82, 2.24) is 0 Å². The molecule has 0 unspecified atom stereocenters. The van der Waals surface area contributed by atoms with Crippen LogP contribution in [0.3, 0.4) is 0 Å². The molecule has 0 N–H and O–H groups in total. The van der Waals surface area contributed by atoms with E-state index in [1.807, 2.05) is 67.7 Å². The second-order valence-electron chi connectivity index (χ2n) is 2.30. The number of allylic oxidation sites excluding steroid dienone is 11. The van der Waals surface area contributed by atoms with E-state index in [1.165, 1.54) is 0 Å². The highest BCUT2D eigenvalue weighted by Gasteiger charge is 1.61. The topological polar surface area (TPSA) is 0 Å². The Kier molecular flexibility index (Phi) is 9.19. The van der Waals surface area contributed by atoms with E-state index in [0.29, 0.717) is 0 Å². The fourth-order valence-electron chi connectivity index (χ4n) is 0.639. The summed E-state index contributed by atoms with van der Waals surface area (Å²) in [6.07, 6.45) is 21.4. The third kappa shape index (κ3) is 10.4. The van der Waals surface area contributed by atoms with Crippen molar-refractivity contribution in [2.75, 3.05) is 0 Å². The minimum atomic E-state index is 1.75. The van der Waals surface area contributed by atoms with Crippen LogP contribution in [-0.4, -0.2) is 0 Å². The van der Waals surface area contributed by atoms with Crippen LogP contribution in [0, 0.1) is 0 Å². The van der Waals surface area contributed by atoms with Crippen LogP contribution in [0.1, 0.15) is 6.92 Å². The molecule has 0 aromatic carbocycles. The van der Waals surface area contributed by atoms with Crippen molar-refractivity contribution in [2.45, 2.75) is 6.92 Å². The van der Waals surface area contributed by atoms with E-state index in [0.717, 1.165) is 0 Å². The quantitative estimate of drug-likeness (QED) is 0.550. The first-order valence-corrected chi connectivity index (χ1v) is 4.32. The summed E-state index contributed by atoms with van der Waals surface area (Å²) < 4.78 is 0. The van der Waals surface area contributed by atoms with Gasteiger partial charge in [-0.25, -0.2) is 0 Å². The summed E-state index contributed by atoms with van der Waals surface area (Å²) in [6.45, 7) is 5.56. The Morgan fingerprint density at radius 2 is 1.00 bits per heavy atom. The molecule has 0 heteroatoms. The zero-order valence-electron chi connectivity index (χ0n) is 8.06. The Morgan fingerprint density at radius 3 is 1.38 bits per heavy atom. The molecule has 0 radical (unpaired) electrons. The van der Waals surface area contributed by atoms with Gasteiger partial charge in [0.15, 0.2) is 0 Å². The summed E-state index contributed by atoms with van der Waals surface area (Å²) >= 11 is 0. The van der Waals surface area contributed by atoms with Gasteiger partial charge in [0.25, 0.3) is 0 Å². The molecule has 0 spiro atoms. The van der Waals surface area contributed by atoms with E-state index < -0.39 is 0 Å². The van der Waals surface area contributed by atoms with Gasteiger partial charge in [-0.15, -0.1) is 0 Å². The van der Waals surface area contributed by atoms with Crippen molar-refractivity contribution in [2.24, 2.45) is 0 Å². The molecule has 0 aromatic rings. The number of rotatable bonds is 5. The summed E-state index contributed by atoms with van der Waals surface area (Å²) in [4.78, 5) is 0. The van der Waals surface area contributed by atoms with E-state index in [2.05, 4.69) is 6.58 Å². The summed E-state index contributed by atoms with van der Waals surface area (Å²) in [6, 6.07) is 0. The lowest BCUT2D eigenvalue weighted by Gasteiger charge is -1.73. The Morgan fingerprint density at radius 1 is 0.615 bits per heavy atom. The lowest BCUT2D eigenvalue weighted by molar-refractivity contribution is 1.73. The van der Waals surface area contributed by atoms with E-state index >= 15 is 0 Å². The molecule has 68 valence electrons. The molecule has 0 nitrogen and oxygen atoms in total. The predicted octanol–water partition coefficient (Wildman–Crippen LogP) is 3.97. The van der Waals surface area contributed by atoms with Gasteiger partial charge < -0.3 is 0 Å². The lowest BCUT2D eigenvalue weighted by atomic mass is 10.3. The van der Waals surface area contributed by atoms with Crippen molar-refractivity contribution in [1.29, 1.82) is 0 Å². The van der Waals surface area contributed by atoms with Gasteiger partial charge in [0.05, 0.1) is 0 Å². The first-order chi connectivity index (χ1) is 6.41. The van der Waals surface area contributed by atoms with Crippen molar-refractivity contribution in [3.05, 3.63) is 73.4 Å². The third-order valence-corrected chi connectivity index (χ3v) is 1.22. The molecule has 0 aromatic heterocycles. The second-order valence-corrected chi connectivity index (χ2v) is 2.30. The van der Waals surface area contributed by atoms with Gasteiger partial charge in [-0.2, -0.15) is 0 Å². The lowest BCUT2D eigenvalue weighted by Crippen LogP contribution is -1.51. The molecule has 0 fully saturated rings. The van der Waals surface area contributed by atoms with Crippen LogP contribution < -0.4 is 0 Å². The van der Waals surface area contributed by atoms with Crippen molar-refractivity contribution in [3.63, 3.8) is 0 Å². The number of hydrogen-bond donors (Lipinski definition) is 0. The average Bonchev–Trinajstić information content (AvgIpc) is 2.16. The van der Waals surface area contributed by atoms with E-state index in [-0.39, 0.29) is 0 Å². The summed E-state index contributed by atoms with van der Waals surface area (Å²) in [7, 11) is 0. The van der Waals surface area contributed by atoms with Crippen LogP contribution >= 0.6 is 0 Å². The van der Waals surface area contributed by atoms with Crippen LogP contribution in [0.15, 0.2) is 73.4 Å². The van der Waals surface area contributed by atoms with Crippen LogP contribution in [0.4, 0.5) is 0 Å². The fourth-order valence-corrected chi connectivity index (χ4v) is 0.639. The van der Waals surface area contributed by atoms with Crippen molar-refractivity contribution in [3.8, 4) is 0 Å². The highest BCUT2D eigenvalue weighted by molar-refractivity contribution is 5.18. The van der Waals surface area contributed by atoms with Gasteiger partial charge in [0.1, 0.15) is 0 Å². The third-order valence-electron chi connectivity index (χ3n) is 1.22. The predicted molar refractivity (Wildman–Crippen MR) is 61.6 cm³/mol. The van der Waals surface area contributed by atoms with Crippen molar-refractivity contribution < 1.29 is 0 Å². The normalized spacial score (nSPS) is 13.3. The Hall–Kier alpha value is -1.56. The molecule has 13 heavy (non-hydrogen) atoms. The first kappa shape index (κ1) is 11.4. The first-order valence-electron chi connectivity index (χ1n) is 4.32. The zero-order valence-corrected chi connectivity index (χ0v) is 8.06. The SMILES string of the molecule is C=CC=CC=CC=CC=C/C=C\C.